The van der Waals surface area contributed by atoms with Crippen LogP contribution in [0.2, 0.25) is 0 Å². The molecule has 0 saturated heterocycles. The molecule has 0 radical (unpaired) electrons. The highest BCUT2D eigenvalue weighted by molar-refractivity contribution is 9.09. The smallest absolute Gasteiger partial charge is 0.265 e. The number of hydrogen-bond donors (Lipinski definition) is 0. The lowest BCUT2D eigenvalue weighted by Gasteiger charge is -2.10. The van der Waals surface area contributed by atoms with Gasteiger partial charge in [-0.15, -0.1) is 0 Å². The minimum absolute atomic E-state index is 0.0678. The maximum absolute atomic E-state index is 12.2. The maximum Gasteiger partial charge on any atom is 0.265 e. The second-order valence-electron chi connectivity index (χ2n) is 3.95. The zero-order valence-electron chi connectivity index (χ0n) is 9.72. The van der Waals surface area contributed by atoms with Gasteiger partial charge in [0.15, 0.2) is 0 Å². The van der Waals surface area contributed by atoms with Gasteiger partial charge in [0, 0.05) is 5.69 Å². The van der Waals surface area contributed by atoms with Crippen LogP contribution in [0.1, 0.15) is 26.6 Å². The number of carbonyl (C=O) groups excluding carboxylic acids is 1. The molecule has 3 nitrogen and oxygen atoms in total. The second kappa shape index (κ2) is 4.84. The summed E-state index contributed by atoms with van der Waals surface area (Å²) in [6, 6.07) is 11.5. The molecule has 2 aromatic rings. The van der Waals surface area contributed by atoms with E-state index in [9.17, 15) is 4.79 Å². The Hall–Kier alpha value is -1.42. The molecule has 1 aromatic heterocycles. The molecule has 0 aliphatic heterocycles. The van der Waals surface area contributed by atoms with Crippen LogP contribution in [0.5, 0.6) is 0 Å². The number of halogens is 1. The normalized spacial score (nSPS) is 12.4. The Morgan fingerprint density at radius 1 is 1.29 bits per heavy atom. The molecule has 0 bridgehead atoms. The van der Waals surface area contributed by atoms with E-state index < -0.39 is 0 Å². The predicted molar refractivity (Wildman–Crippen MR) is 70.4 cm³/mol. The first kappa shape index (κ1) is 12.0. The third-order valence-corrected chi connectivity index (χ3v) is 3.45. The molecule has 1 heterocycles. The summed E-state index contributed by atoms with van der Waals surface area (Å²) in [5.74, 6) is -0.0678. The summed E-state index contributed by atoms with van der Waals surface area (Å²) >= 11 is 3.42. The van der Waals surface area contributed by atoms with Crippen molar-refractivity contribution in [3.05, 3.63) is 53.3 Å². The molecule has 0 aliphatic carbocycles. The Morgan fingerprint density at radius 3 is 2.47 bits per heavy atom. The molecule has 17 heavy (non-hydrogen) atoms. The van der Waals surface area contributed by atoms with Gasteiger partial charge in [-0.25, -0.2) is 4.68 Å². The Morgan fingerprint density at radius 2 is 1.94 bits per heavy atom. The highest BCUT2D eigenvalue weighted by Gasteiger charge is 2.20. The summed E-state index contributed by atoms with van der Waals surface area (Å²) < 4.78 is 1.45. The van der Waals surface area contributed by atoms with Crippen LogP contribution < -0.4 is 0 Å². The van der Waals surface area contributed by atoms with E-state index in [1.165, 1.54) is 4.68 Å². The van der Waals surface area contributed by atoms with Crippen molar-refractivity contribution in [3.8, 4) is 0 Å². The minimum atomic E-state index is -0.360. The number of hydrogen-bond acceptors (Lipinski definition) is 2. The van der Waals surface area contributed by atoms with Crippen LogP contribution in [0.15, 0.2) is 36.4 Å². The molecular formula is C13H13BrN2O. The van der Waals surface area contributed by atoms with Crippen LogP contribution in [0.25, 0.3) is 0 Å². The molecule has 1 atom stereocenters. The van der Waals surface area contributed by atoms with E-state index >= 15 is 0 Å². The fourth-order valence-corrected chi connectivity index (χ4v) is 2.22. The first-order valence-corrected chi connectivity index (χ1v) is 6.27. The van der Waals surface area contributed by atoms with Crippen LogP contribution in [0.4, 0.5) is 0 Å². The van der Waals surface area contributed by atoms with Gasteiger partial charge < -0.3 is 0 Å². The van der Waals surface area contributed by atoms with Crippen molar-refractivity contribution < 1.29 is 4.79 Å². The van der Waals surface area contributed by atoms with Crippen LogP contribution >= 0.6 is 15.9 Å². The van der Waals surface area contributed by atoms with E-state index in [0.29, 0.717) is 0 Å². The molecule has 0 unspecified atom stereocenters. The van der Waals surface area contributed by atoms with Gasteiger partial charge in [-0.05, 0) is 25.5 Å². The van der Waals surface area contributed by atoms with Crippen molar-refractivity contribution in [2.75, 3.05) is 0 Å². The number of alkyl halides is 1. The van der Waals surface area contributed by atoms with Crippen molar-refractivity contribution in [2.24, 2.45) is 0 Å². The lowest BCUT2D eigenvalue weighted by molar-refractivity contribution is 0.0894. The van der Waals surface area contributed by atoms with Gasteiger partial charge >= 0.3 is 0 Å². The SMILES string of the molecule is Cc1cc(C)n(C(=O)[C@H](Br)c2ccccc2)n1. The number of nitrogens with zero attached hydrogens (tertiary/aromatic N) is 2. The Labute approximate surface area is 109 Å². The quantitative estimate of drug-likeness (QED) is 0.796. The van der Waals surface area contributed by atoms with E-state index in [0.717, 1.165) is 17.0 Å². The average Bonchev–Trinajstić information content (AvgIpc) is 2.68. The van der Waals surface area contributed by atoms with Crippen molar-refractivity contribution in [2.45, 2.75) is 18.7 Å². The van der Waals surface area contributed by atoms with E-state index in [4.69, 9.17) is 0 Å². The number of benzene rings is 1. The molecule has 0 fully saturated rings. The van der Waals surface area contributed by atoms with Crippen molar-refractivity contribution in [1.29, 1.82) is 0 Å². The molecule has 0 amide bonds. The van der Waals surface area contributed by atoms with Gasteiger partial charge in [0.1, 0.15) is 4.83 Å². The highest BCUT2D eigenvalue weighted by Crippen LogP contribution is 2.24. The van der Waals surface area contributed by atoms with E-state index in [1.54, 1.807) is 0 Å². The molecule has 88 valence electrons. The van der Waals surface area contributed by atoms with E-state index in [-0.39, 0.29) is 10.7 Å². The minimum Gasteiger partial charge on any atom is -0.271 e. The topological polar surface area (TPSA) is 34.9 Å². The summed E-state index contributed by atoms with van der Waals surface area (Å²) in [5.41, 5.74) is 2.64. The fourth-order valence-electron chi connectivity index (χ4n) is 1.72. The zero-order valence-corrected chi connectivity index (χ0v) is 11.3. The lowest BCUT2D eigenvalue weighted by atomic mass is 10.1. The summed E-state index contributed by atoms with van der Waals surface area (Å²) in [6.45, 7) is 3.76. The monoisotopic (exact) mass is 292 g/mol. The zero-order chi connectivity index (χ0) is 12.4. The van der Waals surface area contributed by atoms with Crippen molar-refractivity contribution in [1.82, 2.24) is 9.78 Å². The summed E-state index contributed by atoms with van der Waals surface area (Å²) in [4.78, 5) is 11.9. The van der Waals surface area contributed by atoms with Crippen molar-refractivity contribution in [3.63, 3.8) is 0 Å². The summed E-state index contributed by atoms with van der Waals surface area (Å²) in [6.07, 6.45) is 0. The average molecular weight is 293 g/mol. The number of rotatable bonds is 2. The van der Waals surface area contributed by atoms with Gasteiger partial charge in [0.05, 0.1) is 5.69 Å². The Kier molecular flexibility index (Phi) is 3.43. The number of carbonyl (C=O) groups is 1. The second-order valence-corrected chi connectivity index (χ2v) is 4.87. The third-order valence-electron chi connectivity index (χ3n) is 2.53. The molecule has 1 aromatic carbocycles. The van der Waals surface area contributed by atoms with Crippen molar-refractivity contribution >= 4 is 21.8 Å². The third kappa shape index (κ3) is 2.47. The standard InChI is InChI=1S/C13H13BrN2O/c1-9-8-10(2)16(15-9)13(17)12(14)11-6-4-3-5-7-11/h3-8,12H,1-2H3/t12-/m1/s1. The van der Waals surface area contributed by atoms with E-state index in [2.05, 4.69) is 21.0 Å². The molecule has 4 heteroatoms. The summed E-state index contributed by atoms with van der Waals surface area (Å²) in [5, 5.41) is 4.19. The Balaban J connectivity index is 2.30. The van der Waals surface area contributed by atoms with Crippen LogP contribution in [-0.2, 0) is 0 Å². The van der Waals surface area contributed by atoms with Gasteiger partial charge in [0.25, 0.3) is 5.91 Å². The van der Waals surface area contributed by atoms with Crippen LogP contribution in [-0.4, -0.2) is 15.7 Å². The largest absolute Gasteiger partial charge is 0.271 e. The molecule has 0 spiro atoms. The first-order valence-electron chi connectivity index (χ1n) is 5.36. The Bertz CT molecular complexity index is 534. The number of aromatic nitrogens is 2. The fraction of sp³-hybridized carbons (Fsp3) is 0.231. The first-order chi connectivity index (χ1) is 8.09. The van der Waals surface area contributed by atoms with Crippen LogP contribution in [0.3, 0.4) is 0 Å². The molecule has 0 N–H and O–H groups in total. The summed E-state index contributed by atoms with van der Waals surface area (Å²) in [7, 11) is 0. The molecular weight excluding hydrogens is 280 g/mol. The highest BCUT2D eigenvalue weighted by atomic mass is 79.9. The number of aryl methyl sites for hydroxylation is 2. The van der Waals surface area contributed by atoms with E-state index in [1.807, 2.05) is 50.2 Å². The lowest BCUT2D eigenvalue weighted by Crippen LogP contribution is -2.18. The predicted octanol–water partition coefficient (Wildman–Crippen LogP) is 3.28. The molecule has 2 rings (SSSR count). The van der Waals surface area contributed by atoms with Gasteiger partial charge in [0.2, 0.25) is 0 Å². The maximum atomic E-state index is 12.2. The molecule has 0 saturated carbocycles. The van der Waals surface area contributed by atoms with Crippen LogP contribution in [0, 0.1) is 13.8 Å². The van der Waals surface area contributed by atoms with Gasteiger partial charge in [-0.1, -0.05) is 46.3 Å². The van der Waals surface area contributed by atoms with Gasteiger partial charge in [-0.3, -0.25) is 4.79 Å². The van der Waals surface area contributed by atoms with Gasteiger partial charge in [-0.2, -0.15) is 5.10 Å². The molecule has 0 aliphatic rings.